The van der Waals surface area contributed by atoms with Gasteiger partial charge in [-0.25, -0.2) is 19.2 Å². The molecule has 0 fully saturated rings. The lowest BCUT2D eigenvalue weighted by molar-refractivity contribution is -0.238. The van der Waals surface area contributed by atoms with Crippen LogP contribution in [0.4, 0.5) is 52.7 Å². The highest BCUT2D eigenvalue weighted by Crippen LogP contribution is 2.26. The third kappa shape index (κ3) is 9.68. The molecule has 0 heterocycles. The lowest BCUT2D eigenvalue weighted by Crippen LogP contribution is -2.52. The monoisotopic (exact) mass is 534 g/mol. The van der Waals surface area contributed by atoms with Crippen LogP contribution in [-0.2, 0) is 42.9 Å². The largest absolute Gasteiger partial charge is 0.490 e. The maximum atomic E-state index is 12.4. The summed E-state index contributed by atoms with van der Waals surface area (Å²) in [7, 11) is 0. The molecular weight excluding hydrogens is 528 g/mol. The second-order valence-electron chi connectivity index (χ2n) is 5.41. The Morgan fingerprint density at radius 1 is 0.588 bits per heavy atom. The molecule has 0 saturated heterocycles. The Hall–Kier alpha value is -3.29. The zero-order valence-electron chi connectivity index (χ0n) is 15.2. The van der Waals surface area contributed by atoms with E-state index in [9.17, 15) is 76.7 Å². The standard InChI is InChI=1S/C13H6F12O9/c14-10(15,16)6(27)31-2-4(33-8(29)12(20,21)22)5(34-9(30)13(23,24)25)3(1-26)32-7(28)11(17,18)19/h1,3-5H,2H2/t3-,4+,5+/m0/s1. The van der Waals surface area contributed by atoms with Crippen LogP contribution >= 0.6 is 0 Å². The van der Waals surface area contributed by atoms with Crippen molar-refractivity contribution in [2.75, 3.05) is 6.61 Å². The number of carbonyl (C=O) groups is 5. The predicted octanol–water partition coefficient (Wildman–Crippen LogP) is 1.71. The minimum Gasteiger partial charge on any atom is -0.455 e. The zero-order valence-corrected chi connectivity index (χ0v) is 15.2. The Bertz CT molecular complexity index is 780. The van der Waals surface area contributed by atoms with Crippen LogP contribution in [0.1, 0.15) is 0 Å². The van der Waals surface area contributed by atoms with Gasteiger partial charge in [-0.1, -0.05) is 0 Å². The van der Waals surface area contributed by atoms with Gasteiger partial charge in [0.05, 0.1) is 0 Å². The Morgan fingerprint density at radius 3 is 1.29 bits per heavy atom. The van der Waals surface area contributed by atoms with Crippen molar-refractivity contribution in [3.05, 3.63) is 0 Å². The molecule has 0 N–H and O–H groups in total. The van der Waals surface area contributed by atoms with Gasteiger partial charge in [0.25, 0.3) is 0 Å². The van der Waals surface area contributed by atoms with Crippen molar-refractivity contribution in [3.8, 4) is 0 Å². The van der Waals surface area contributed by atoms with Crippen LogP contribution in [0.5, 0.6) is 0 Å². The molecule has 0 aromatic heterocycles. The van der Waals surface area contributed by atoms with E-state index < -0.39 is 79.8 Å². The second-order valence-corrected chi connectivity index (χ2v) is 5.41. The van der Waals surface area contributed by atoms with Gasteiger partial charge >= 0.3 is 48.6 Å². The van der Waals surface area contributed by atoms with Crippen LogP contribution in [0.25, 0.3) is 0 Å². The fraction of sp³-hybridized carbons (Fsp3) is 0.615. The number of esters is 4. The Labute approximate surface area is 176 Å². The molecule has 0 aliphatic heterocycles. The number of ether oxygens (including phenoxy) is 4. The van der Waals surface area contributed by atoms with Gasteiger partial charge in [-0.15, -0.1) is 0 Å². The molecule has 196 valence electrons. The number of carbonyl (C=O) groups excluding carboxylic acids is 5. The molecule has 0 bridgehead atoms. The summed E-state index contributed by atoms with van der Waals surface area (Å²) in [5, 5.41) is 0. The summed E-state index contributed by atoms with van der Waals surface area (Å²) in [6.45, 7) is -2.39. The Kier molecular flexibility index (Phi) is 9.72. The van der Waals surface area contributed by atoms with Gasteiger partial charge in [0, 0.05) is 0 Å². The van der Waals surface area contributed by atoms with E-state index >= 15 is 0 Å². The molecule has 0 aliphatic rings. The maximum absolute atomic E-state index is 12.4. The van der Waals surface area contributed by atoms with Gasteiger partial charge in [0.15, 0.2) is 24.6 Å². The highest BCUT2D eigenvalue weighted by atomic mass is 19.4. The highest BCUT2D eigenvalue weighted by Gasteiger charge is 2.52. The van der Waals surface area contributed by atoms with Gasteiger partial charge in [0.1, 0.15) is 6.61 Å². The lowest BCUT2D eigenvalue weighted by atomic mass is 10.1. The topological polar surface area (TPSA) is 122 Å². The number of rotatable bonds is 8. The second kappa shape index (κ2) is 10.8. The average Bonchev–Trinajstić information content (AvgIpc) is 2.63. The van der Waals surface area contributed by atoms with E-state index in [0.717, 1.165) is 0 Å². The number of hydrogen-bond acceptors (Lipinski definition) is 9. The van der Waals surface area contributed by atoms with Gasteiger partial charge in [-0.05, 0) is 0 Å². The molecule has 0 spiro atoms. The molecule has 0 aliphatic carbocycles. The number of halogens is 12. The van der Waals surface area contributed by atoms with E-state index in [4.69, 9.17) is 0 Å². The number of hydrogen-bond donors (Lipinski definition) is 0. The van der Waals surface area contributed by atoms with Gasteiger partial charge < -0.3 is 18.9 Å². The first-order valence-corrected chi connectivity index (χ1v) is 7.54. The Balaban J connectivity index is 6.37. The Morgan fingerprint density at radius 2 is 0.941 bits per heavy atom. The summed E-state index contributed by atoms with van der Waals surface area (Å²) in [6.07, 6.45) is -35.8. The molecule has 0 aromatic carbocycles. The number of alkyl halides is 12. The van der Waals surface area contributed by atoms with E-state index in [1.165, 1.54) is 0 Å². The van der Waals surface area contributed by atoms with Crippen LogP contribution in [0.15, 0.2) is 0 Å². The van der Waals surface area contributed by atoms with E-state index in [2.05, 4.69) is 18.9 Å². The molecule has 0 radical (unpaired) electrons. The molecule has 0 rings (SSSR count). The van der Waals surface area contributed by atoms with Crippen molar-refractivity contribution in [1.82, 2.24) is 0 Å². The summed E-state index contributed by atoms with van der Waals surface area (Å²) in [4.78, 5) is 54.4. The summed E-state index contributed by atoms with van der Waals surface area (Å²) in [5.74, 6) is -13.7. The van der Waals surface area contributed by atoms with E-state index in [-0.39, 0.29) is 0 Å². The molecule has 3 atom stereocenters. The predicted molar refractivity (Wildman–Crippen MR) is 70.9 cm³/mol. The summed E-state index contributed by atoms with van der Waals surface area (Å²) < 4.78 is 162. The minimum absolute atomic E-state index is 1.07. The number of aldehydes is 1. The van der Waals surface area contributed by atoms with Crippen LogP contribution in [0.3, 0.4) is 0 Å². The van der Waals surface area contributed by atoms with Gasteiger partial charge in [0.2, 0.25) is 0 Å². The molecular formula is C13H6F12O9. The normalized spacial score (nSPS) is 15.4. The first-order valence-electron chi connectivity index (χ1n) is 7.54. The SMILES string of the molecule is O=C[C@H](OC(=O)C(F)(F)F)[C@@H](OC(=O)C(F)(F)F)[C@@H](COC(=O)C(F)(F)F)OC(=O)C(F)(F)F. The average molecular weight is 534 g/mol. The first kappa shape index (κ1) is 30.7. The molecule has 0 unspecified atom stereocenters. The molecule has 0 aromatic rings. The molecule has 9 nitrogen and oxygen atoms in total. The van der Waals surface area contributed by atoms with Crippen molar-refractivity contribution in [2.45, 2.75) is 43.0 Å². The van der Waals surface area contributed by atoms with E-state index in [1.807, 2.05) is 0 Å². The van der Waals surface area contributed by atoms with Crippen LogP contribution in [0.2, 0.25) is 0 Å². The fourth-order valence-electron chi connectivity index (χ4n) is 1.55. The quantitative estimate of drug-likeness (QED) is 0.198. The lowest BCUT2D eigenvalue weighted by Gasteiger charge is -2.30. The minimum atomic E-state index is -6.11. The zero-order chi connectivity index (χ0) is 27.3. The molecule has 0 saturated carbocycles. The van der Waals surface area contributed by atoms with Gasteiger partial charge in [-0.2, -0.15) is 52.7 Å². The third-order valence-electron chi connectivity index (χ3n) is 2.87. The van der Waals surface area contributed by atoms with Crippen molar-refractivity contribution >= 4 is 30.2 Å². The van der Waals surface area contributed by atoms with Crippen LogP contribution < -0.4 is 0 Å². The van der Waals surface area contributed by atoms with Crippen molar-refractivity contribution in [2.24, 2.45) is 0 Å². The smallest absolute Gasteiger partial charge is 0.455 e. The van der Waals surface area contributed by atoms with E-state index in [1.54, 1.807) is 0 Å². The highest BCUT2D eigenvalue weighted by molar-refractivity contribution is 5.80. The van der Waals surface area contributed by atoms with Crippen molar-refractivity contribution in [3.63, 3.8) is 0 Å². The van der Waals surface area contributed by atoms with Crippen molar-refractivity contribution < 1.29 is 95.6 Å². The fourth-order valence-corrected chi connectivity index (χ4v) is 1.55. The van der Waals surface area contributed by atoms with Crippen molar-refractivity contribution in [1.29, 1.82) is 0 Å². The summed E-state index contributed by atoms with van der Waals surface area (Å²) in [5.41, 5.74) is 0. The molecule has 34 heavy (non-hydrogen) atoms. The molecule has 21 heteroatoms. The first-order chi connectivity index (χ1) is 15.0. The molecule has 0 amide bonds. The van der Waals surface area contributed by atoms with Gasteiger partial charge in [-0.3, -0.25) is 4.79 Å². The summed E-state index contributed by atoms with van der Waals surface area (Å²) in [6, 6.07) is 0. The third-order valence-corrected chi connectivity index (χ3v) is 2.87. The summed E-state index contributed by atoms with van der Waals surface area (Å²) >= 11 is 0. The van der Waals surface area contributed by atoms with Crippen LogP contribution in [0, 0.1) is 0 Å². The van der Waals surface area contributed by atoms with E-state index in [0.29, 0.717) is 0 Å². The van der Waals surface area contributed by atoms with Crippen LogP contribution in [-0.4, -0.2) is 79.8 Å². The maximum Gasteiger partial charge on any atom is 0.490 e.